The molecule has 3 aromatic heterocycles. The highest BCUT2D eigenvalue weighted by Gasteiger charge is 2.39. The summed E-state index contributed by atoms with van der Waals surface area (Å²) in [5, 5.41) is 14.7. The van der Waals surface area contributed by atoms with Gasteiger partial charge < -0.3 is 5.32 Å². The second-order valence-corrected chi connectivity index (χ2v) is 9.09. The van der Waals surface area contributed by atoms with Gasteiger partial charge in [-0.15, -0.1) is 0 Å². The molecule has 0 radical (unpaired) electrons. The molecule has 0 aliphatic carbocycles. The number of pyridine rings is 1. The Morgan fingerprint density at radius 2 is 1.82 bits per heavy atom. The lowest BCUT2D eigenvalue weighted by atomic mass is 10.0. The third-order valence-electron chi connectivity index (χ3n) is 6.94. The van der Waals surface area contributed by atoms with Gasteiger partial charge in [0.25, 0.3) is 0 Å². The molecule has 6 rings (SSSR count). The first-order valence-corrected chi connectivity index (χ1v) is 11.3. The van der Waals surface area contributed by atoms with Crippen LogP contribution in [0.5, 0.6) is 0 Å². The third kappa shape index (κ3) is 3.54. The smallest absolute Gasteiger partial charge is 0.238 e. The van der Waals surface area contributed by atoms with Gasteiger partial charge in [0.15, 0.2) is 0 Å². The van der Waals surface area contributed by atoms with Crippen molar-refractivity contribution in [2.24, 2.45) is 7.05 Å². The van der Waals surface area contributed by atoms with Gasteiger partial charge in [-0.05, 0) is 43.9 Å². The topological polar surface area (TPSA) is 91.7 Å². The highest BCUT2D eigenvalue weighted by Crippen LogP contribution is 2.37. The zero-order valence-corrected chi connectivity index (χ0v) is 18.6. The SMILES string of the molecule is Cn1cc(-c2n[nH]c3cnc(-c4c(F)cc(NC(=O)CN5C6CCC5CC6)cc4F)cc23)cn1. The molecule has 0 spiro atoms. The van der Waals surface area contributed by atoms with Crippen LogP contribution in [-0.4, -0.2) is 54.4 Å². The van der Waals surface area contributed by atoms with E-state index in [0.717, 1.165) is 43.4 Å². The van der Waals surface area contributed by atoms with Gasteiger partial charge in [-0.2, -0.15) is 10.2 Å². The lowest BCUT2D eigenvalue weighted by molar-refractivity contribution is -0.117. The van der Waals surface area contributed by atoms with E-state index in [9.17, 15) is 4.79 Å². The van der Waals surface area contributed by atoms with Gasteiger partial charge in [0.2, 0.25) is 5.91 Å². The van der Waals surface area contributed by atoms with Crippen molar-refractivity contribution in [3.63, 3.8) is 0 Å². The summed E-state index contributed by atoms with van der Waals surface area (Å²) in [6.45, 7) is 0.246. The molecule has 2 N–H and O–H groups in total. The fraction of sp³-hybridized carbons (Fsp3) is 0.333. The molecule has 0 saturated carbocycles. The molecule has 1 amide bonds. The van der Waals surface area contributed by atoms with Gasteiger partial charge in [0.05, 0.1) is 35.7 Å². The first-order valence-electron chi connectivity index (χ1n) is 11.3. The van der Waals surface area contributed by atoms with Crippen molar-refractivity contribution >= 4 is 22.5 Å². The van der Waals surface area contributed by atoms with E-state index in [1.165, 1.54) is 6.20 Å². The maximum absolute atomic E-state index is 15.1. The Labute approximate surface area is 194 Å². The number of anilines is 1. The number of hydrogen-bond acceptors (Lipinski definition) is 5. The number of halogens is 2. The molecule has 2 aliphatic rings. The predicted molar refractivity (Wildman–Crippen MR) is 123 cm³/mol. The second-order valence-electron chi connectivity index (χ2n) is 9.09. The lowest BCUT2D eigenvalue weighted by Gasteiger charge is -2.20. The van der Waals surface area contributed by atoms with E-state index in [-0.39, 0.29) is 29.4 Å². The highest BCUT2D eigenvalue weighted by molar-refractivity contribution is 5.95. The molecule has 10 heteroatoms. The van der Waals surface area contributed by atoms with Crippen LogP contribution in [0.2, 0.25) is 0 Å². The number of aromatic amines is 1. The number of aryl methyl sites for hydroxylation is 1. The van der Waals surface area contributed by atoms with Gasteiger partial charge in [0, 0.05) is 42.0 Å². The first-order chi connectivity index (χ1) is 16.5. The number of rotatable bonds is 5. The van der Waals surface area contributed by atoms with E-state index in [4.69, 9.17) is 0 Å². The molecule has 1 aromatic carbocycles. The molecule has 0 atom stereocenters. The number of aromatic nitrogens is 5. The summed E-state index contributed by atoms with van der Waals surface area (Å²) in [7, 11) is 1.80. The van der Waals surface area contributed by atoms with Crippen molar-refractivity contribution in [3.8, 4) is 22.5 Å². The number of fused-ring (bicyclic) bond motifs is 3. The van der Waals surface area contributed by atoms with Gasteiger partial charge in [-0.3, -0.25) is 24.5 Å². The van der Waals surface area contributed by atoms with Crippen LogP contribution in [0.4, 0.5) is 14.5 Å². The van der Waals surface area contributed by atoms with Crippen LogP contribution in [0.15, 0.2) is 36.8 Å². The zero-order chi connectivity index (χ0) is 23.4. The molecular weight excluding hydrogens is 440 g/mol. The fourth-order valence-electron chi connectivity index (χ4n) is 5.35. The van der Waals surface area contributed by atoms with Gasteiger partial charge >= 0.3 is 0 Å². The van der Waals surface area contributed by atoms with E-state index >= 15 is 8.78 Å². The van der Waals surface area contributed by atoms with Crippen molar-refractivity contribution in [1.29, 1.82) is 0 Å². The average Bonchev–Trinajstić information content (AvgIpc) is 3.58. The van der Waals surface area contributed by atoms with E-state index in [2.05, 4.69) is 30.5 Å². The maximum Gasteiger partial charge on any atom is 0.238 e. The predicted octanol–water partition coefficient (Wildman–Crippen LogP) is 3.87. The van der Waals surface area contributed by atoms with Gasteiger partial charge in [0.1, 0.15) is 17.3 Å². The molecule has 2 fully saturated rings. The quantitative estimate of drug-likeness (QED) is 0.469. The van der Waals surface area contributed by atoms with Crippen LogP contribution in [0.1, 0.15) is 25.7 Å². The summed E-state index contributed by atoms with van der Waals surface area (Å²) in [5.74, 6) is -1.85. The minimum absolute atomic E-state index is 0.0933. The lowest BCUT2D eigenvalue weighted by Crippen LogP contribution is -2.36. The minimum atomic E-state index is -0.796. The van der Waals surface area contributed by atoms with Crippen LogP contribution >= 0.6 is 0 Å². The Morgan fingerprint density at radius 1 is 1.12 bits per heavy atom. The number of nitrogens with zero attached hydrogens (tertiary/aromatic N) is 5. The summed E-state index contributed by atoms with van der Waals surface area (Å²) in [5.41, 5.74) is 2.01. The molecule has 174 valence electrons. The first kappa shape index (κ1) is 20.9. The van der Waals surface area contributed by atoms with Crippen molar-refractivity contribution in [1.82, 2.24) is 29.9 Å². The van der Waals surface area contributed by atoms with E-state index in [1.807, 2.05) is 6.20 Å². The minimum Gasteiger partial charge on any atom is -0.325 e. The summed E-state index contributed by atoms with van der Waals surface area (Å²) in [6, 6.07) is 4.78. The van der Waals surface area contributed by atoms with E-state index < -0.39 is 11.6 Å². The van der Waals surface area contributed by atoms with Gasteiger partial charge in [-0.25, -0.2) is 8.78 Å². The number of amides is 1. The highest BCUT2D eigenvalue weighted by atomic mass is 19.1. The molecule has 4 aromatic rings. The molecular formula is C24H23F2N7O. The monoisotopic (exact) mass is 463 g/mol. The van der Waals surface area contributed by atoms with E-state index in [1.54, 1.807) is 24.0 Å². The van der Waals surface area contributed by atoms with E-state index in [0.29, 0.717) is 28.7 Å². The Balaban J connectivity index is 1.27. The standard InChI is InChI=1S/C24H23F2N7O/c1-32-11-13(9-28-32)24-17-8-20(27-10-21(17)30-31-24)23-18(25)6-14(7-19(23)26)29-22(34)12-33-15-2-3-16(33)5-4-15/h6-11,15-16H,2-5,12H2,1H3,(H,29,34)(H,30,31). The molecule has 34 heavy (non-hydrogen) atoms. The van der Waals surface area contributed by atoms with Crippen molar-refractivity contribution < 1.29 is 13.6 Å². The van der Waals surface area contributed by atoms with Crippen molar-refractivity contribution in [2.75, 3.05) is 11.9 Å². The summed E-state index contributed by atoms with van der Waals surface area (Å²) >= 11 is 0. The fourth-order valence-corrected chi connectivity index (χ4v) is 5.35. The van der Waals surface area contributed by atoms with Crippen LogP contribution in [0.3, 0.4) is 0 Å². The molecule has 2 saturated heterocycles. The summed E-state index contributed by atoms with van der Waals surface area (Å²) < 4.78 is 31.8. The van der Waals surface area contributed by atoms with Crippen LogP contribution < -0.4 is 5.32 Å². The largest absolute Gasteiger partial charge is 0.325 e. The van der Waals surface area contributed by atoms with Crippen LogP contribution in [0, 0.1) is 11.6 Å². The van der Waals surface area contributed by atoms with Crippen molar-refractivity contribution in [3.05, 3.63) is 48.4 Å². The number of carbonyl (C=O) groups is 1. The Hall–Kier alpha value is -3.66. The molecule has 0 unspecified atom stereocenters. The number of hydrogen-bond donors (Lipinski definition) is 2. The second kappa shape index (κ2) is 7.98. The Bertz CT molecular complexity index is 1370. The van der Waals surface area contributed by atoms with Gasteiger partial charge in [-0.1, -0.05) is 0 Å². The number of nitrogens with one attached hydrogen (secondary N) is 2. The van der Waals surface area contributed by atoms with Crippen LogP contribution in [0.25, 0.3) is 33.4 Å². The normalized spacial score (nSPS) is 19.9. The third-order valence-corrected chi connectivity index (χ3v) is 6.94. The molecule has 8 nitrogen and oxygen atoms in total. The Morgan fingerprint density at radius 3 is 2.47 bits per heavy atom. The average molecular weight is 463 g/mol. The molecule has 2 bridgehead atoms. The number of carbonyl (C=O) groups excluding carboxylic acids is 1. The van der Waals surface area contributed by atoms with Crippen molar-refractivity contribution in [2.45, 2.75) is 37.8 Å². The van der Waals surface area contributed by atoms with Crippen LogP contribution in [-0.2, 0) is 11.8 Å². The molecule has 5 heterocycles. The Kier molecular flexibility index (Phi) is 4.91. The maximum atomic E-state index is 15.1. The number of H-pyrrole nitrogens is 1. The zero-order valence-electron chi connectivity index (χ0n) is 18.6. The summed E-state index contributed by atoms with van der Waals surface area (Å²) in [4.78, 5) is 19.0. The molecule has 2 aliphatic heterocycles. The number of benzene rings is 1. The summed E-state index contributed by atoms with van der Waals surface area (Å²) in [6.07, 6.45) is 9.44.